The molecule has 21 heavy (non-hydrogen) atoms. The molecule has 3 aromatic rings. The van der Waals surface area contributed by atoms with E-state index >= 15 is 0 Å². The average molecular weight is 296 g/mol. The number of benzene rings is 2. The lowest BCUT2D eigenvalue weighted by Crippen LogP contribution is -2.02. The smallest absolute Gasteiger partial charge is 0.174 e. The van der Waals surface area contributed by atoms with Gasteiger partial charge in [0.05, 0.1) is 21.6 Å². The van der Waals surface area contributed by atoms with Crippen LogP contribution in [0.4, 0.5) is 17.3 Å². The van der Waals surface area contributed by atoms with Crippen molar-refractivity contribution < 1.29 is 0 Å². The first-order chi connectivity index (χ1) is 10.2. The van der Waals surface area contributed by atoms with Crippen LogP contribution in [-0.4, -0.2) is 9.97 Å². The number of nitrogens with one attached hydrogen (secondary N) is 1. The molecule has 0 bridgehead atoms. The Hall–Kier alpha value is -2.84. The van der Waals surface area contributed by atoms with Crippen molar-refractivity contribution in [3.8, 4) is 6.07 Å². The number of aromatic nitrogens is 2. The molecule has 102 valence electrons. The fourth-order valence-electron chi connectivity index (χ4n) is 1.93. The van der Waals surface area contributed by atoms with Crippen molar-refractivity contribution in [2.24, 2.45) is 0 Å². The van der Waals surface area contributed by atoms with Gasteiger partial charge >= 0.3 is 0 Å². The fraction of sp³-hybridized carbons (Fsp3) is 0. The lowest BCUT2D eigenvalue weighted by atomic mass is 10.2. The van der Waals surface area contributed by atoms with Crippen LogP contribution < -0.4 is 11.1 Å². The number of fused-ring (bicyclic) bond motifs is 1. The predicted octanol–water partition coefficient (Wildman–Crippen LogP) is 3.48. The van der Waals surface area contributed by atoms with Crippen molar-refractivity contribution in [1.82, 2.24) is 9.97 Å². The van der Waals surface area contributed by atoms with Crippen LogP contribution in [-0.2, 0) is 0 Å². The van der Waals surface area contributed by atoms with Gasteiger partial charge < -0.3 is 11.1 Å². The second kappa shape index (κ2) is 5.27. The van der Waals surface area contributed by atoms with E-state index in [0.717, 1.165) is 11.0 Å². The summed E-state index contributed by atoms with van der Waals surface area (Å²) in [7, 11) is 0. The number of hydrogen-bond acceptors (Lipinski definition) is 5. The summed E-state index contributed by atoms with van der Waals surface area (Å²) in [6, 6.07) is 14.5. The van der Waals surface area contributed by atoms with Crippen molar-refractivity contribution in [3.05, 3.63) is 53.1 Å². The molecule has 0 atom stereocenters. The van der Waals surface area contributed by atoms with E-state index in [9.17, 15) is 0 Å². The van der Waals surface area contributed by atoms with Crippen LogP contribution in [0.25, 0.3) is 11.0 Å². The van der Waals surface area contributed by atoms with Crippen LogP contribution in [0.15, 0.2) is 42.5 Å². The first kappa shape index (κ1) is 13.2. The quantitative estimate of drug-likeness (QED) is 0.755. The minimum absolute atomic E-state index is 0.300. The molecule has 5 nitrogen and oxygen atoms in total. The number of para-hydroxylation sites is 2. The van der Waals surface area contributed by atoms with E-state index < -0.39 is 0 Å². The number of hydrogen-bond donors (Lipinski definition) is 2. The van der Waals surface area contributed by atoms with Crippen LogP contribution in [0.5, 0.6) is 0 Å². The van der Waals surface area contributed by atoms with E-state index in [-0.39, 0.29) is 0 Å². The molecule has 1 aromatic heterocycles. The zero-order valence-electron chi connectivity index (χ0n) is 10.8. The zero-order chi connectivity index (χ0) is 14.8. The molecule has 0 radical (unpaired) electrons. The highest BCUT2D eigenvalue weighted by molar-refractivity contribution is 6.32. The Balaban J connectivity index is 2.00. The van der Waals surface area contributed by atoms with Crippen LogP contribution in [0, 0.1) is 11.3 Å². The minimum atomic E-state index is 0.300. The molecule has 0 fully saturated rings. The summed E-state index contributed by atoms with van der Waals surface area (Å²) in [5.41, 5.74) is 8.49. The van der Waals surface area contributed by atoms with E-state index in [1.54, 1.807) is 18.2 Å². The van der Waals surface area contributed by atoms with Crippen LogP contribution in [0.1, 0.15) is 5.56 Å². The number of nitriles is 1. The van der Waals surface area contributed by atoms with Crippen LogP contribution >= 0.6 is 11.6 Å². The molecule has 1 heterocycles. The fourth-order valence-corrected chi connectivity index (χ4v) is 2.15. The third-order valence-electron chi connectivity index (χ3n) is 2.95. The highest BCUT2D eigenvalue weighted by Gasteiger charge is 2.07. The Labute approximate surface area is 126 Å². The van der Waals surface area contributed by atoms with Gasteiger partial charge in [-0.05, 0) is 30.3 Å². The lowest BCUT2D eigenvalue weighted by molar-refractivity contribution is 1.29. The highest BCUT2D eigenvalue weighted by Crippen LogP contribution is 2.25. The molecule has 3 N–H and O–H groups in total. The minimum Gasteiger partial charge on any atom is -0.381 e. The van der Waals surface area contributed by atoms with E-state index in [1.807, 2.05) is 30.3 Å². The van der Waals surface area contributed by atoms with Gasteiger partial charge in [0.15, 0.2) is 11.6 Å². The SMILES string of the molecule is N#Cc1ccc(Nc2nc3ccccc3nc2N)cc1Cl. The second-order valence-electron chi connectivity index (χ2n) is 4.38. The summed E-state index contributed by atoms with van der Waals surface area (Å²) in [5.74, 6) is 0.753. The summed E-state index contributed by atoms with van der Waals surface area (Å²) in [6.07, 6.45) is 0. The maximum atomic E-state index is 8.86. The van der Waals surface area contributed by atoms with Gasteiger partial charge in [-0.2, -0.15) is 5.26 Å². The van der Waals surface area contributed by atoms with Crippen molar-refractivity contribution in [1.29, 1.82) is 5.26 Å². The van der Waals surface area contributed by atoms with Gasteiger partial charge in [-0.1, -0.05) is 23.7 Å². The maximum Gasteiger partial charge on any atom is 0.174 e. The number of anilines is 3. The average Bonchev–Trinajstić information content (AvgIpc) is 2.48. The Morgan fingerprint density at radius 1 is 1.10 bits per heavy atom. The third kappa shape index (κ3) is 2.57. The summed E-state index contributed by atoms with van der Waals surface area (Å²) in [6.45, 7) is 0. The van der Waals surface area contributed by atoms with Gasteiger partial charge in [0, 0.05) is 5.69 Å². The first-order valence-corrected chi connectivity index (χ1v) is 6.54. The molecule has 0 aliphatic heterocycles. The van der Waals surface area contributed by atoms with E-state index in [4.69, 9.17) is 22.6 Å². The maximum absolute atomic E-state index is 8.86. The van der Waals surface area contributed by atoms with Crippen molar-refractivity contribution >= 4 is 40.0 Å². The molecule has 2 aromatic carbocycles. The van der Waals surface area contributed by atoms with E-state index in [1.165, 1.54) is 0 Å². The molecule has 0 aliphatic rings. The summed E-state index contributed by atoms with van der Waals surface area (Å²) in [4.78, 5) is 8.73. The lowest BCUT2D eigenvalue weighted by Gasteiger charge is -2.09. The largest absolute Gasteiger partial charge is 0.381 e. The third-order valence-corrected chi connectivity index (χ3v) is 3.26. The van der Waals surface area contributed by atoms with Crippen molar-refractivity contribution in [3.63, 3.8) is 0 Å². The topological polar surface area (TPSA) is 87.6 Å². The summed E-state index contributed by atoms with van der Waals surface area (Å²) in [5, 5.41) is 12.3. The Morgan fingerprint density at radius 3 is 2.48 bits per heavy atom. The summed E-state index contributed by atoms with van der Waals surface area (Å²) < 4.78 is 0. The number of nitrogens with zero attached hydrogens (tertiary/aromatic N) is 3. The number of rotatable bonds is 2. The van der Waals surface area contributed by atoms with E-state index in [0.29, 0.717) is 27.9 Å². The molecular formula is C15H10ClN5. The standard InChI is InChI=1S/C15H10ClN5/c16-11-7-10(6-5-9(11)8-17)19-15-14(18)20-12-3-1-2-4-13(12)21-15/h1-7H,(H2,18,20)(H,19,21). The number of nitrogens with two attached hydrogens (primary N) is 1. The van der Waals surface area contributed by atoms with Gasteiger partial charge in [-0.3, -0.25) is 0 Å². The number of nitrogen functional groups attached to an aromatic ring is 1. The molecule has 0 aliphatic carbocycles. The van der Waals surface area contributed by atoms with Crippen LogP contribution in [0.2, 0.25) is 5.02 Å². The van der Waals surface area contributed by atoms with Gasteiger partial charge in [-0.25, -0.2) is 9.97 Å². The van der Waals surface area contributed by atoms with E-state index in [2.05, 4.69) is 15.3 Å². The van der Waals surface area contributed by atoms with Crippen molar-refractivity contribution in [2.75, 3.05) is 11.1 Å². The molecule has 0 unspecified atom stereocenters. The monoisotopic (exact) mass is 295 g/mol. The van der Waals surface area contributed by atoms with Gasteiger partial charge in [0.25, 0.3) is 0 Å². The molecule has 0 saturated heterocycles. The van der Waals surface area contributed by atoms with Crippen molar-refractivity contribution in [2.45, 2.75) is 0 Å². The molecule has 6 heteroatoms. The normalized spacial score (nSPS) is 10.3. The first-order valence-electron chi connectivity index (χ1n) is 6.16. The van der Waals surface area contributed by atoms with Gasteiger partial charge in [-0.15, -0.1) is 0 Å². The number of halogens is 1. The Morgan fingerprint density at radius 2 is 1.81 bits per heavy atom. The highest BCUT2D eigenvalue weighted by atomic mass is 35.5. The van der Waals surface area contributed by atoms with Crippen LogP contribution in [0.3, 0.4) is 0 Å². The zero-order valence-corrected chi connectivity index (χ0v) is 11.6. The molecule has 3 rings (SSSR count). The molecule has 0 spiro atoms. The molecular weight excluding hydrogens is 286 g/mol. The Kier molecular flexibility index (Phi) is 3.30. The molecule has 0 amide bonds. The molecule has 0 saturated carbocycles. The second-order valence-corrected chi connectivity index (χ2v) is 4.78. The van der Waals surface area contributed by atoms with Gasteiger partial charge in [0.1, 0.15) is 6.07 Å². The summed E-state index contributed by atoms with van der Waals surface area (Å²) >= 11 is 6.00. The van der Waals surface area contributed by atoms with Gasteiger partial charge in [0.2, 0.25) is 0 Å². The Bertz CT molecular complexity index is 870. The predicted molar refractivity (Wildman–Crippen MR) is 83.4 cm³/mol.